The van der Waals surface area contributed by atoms with Crippen LogP contribution in [0.2, 0.25) is 0 Å². The number of benzene rings is 1. The smallest absolute Gasteiger partial charge is 0.251 e. The number of carbonyl (C=O) groups is 1. The van der Waals surface area contributed by atoms with Crippen LogP contribution < -0.4 is 5.32 Å². The van der Waals surface area contributed by atoms with Crippen molar-refractivity contribution < 1.29 is 14.3 Å². The number of rotatable bonds is 4. The van der Waals surface area contributed by atoms with Gasteiger partial charge in [-0.3, -0.25) is 4.79 Å². The highest BCUT2D eigenvalue weighted by Gasteiger charge is 2.11. The average Bonchev–Trinajstić information content (AvgIpc) is 2.98. The van der Waals surface area contributed by atoms with Gasteiger partial charge < -0.3 is 14.8 Å². The lowest BCUT2D eigenvalue weighted by Gasteiger charge is -2.12. The molecular formula is C17H17NO3. The zero-order valence-corrected chi connectivity index (χ0v) is 11.8. The van der Waals surface area contributed by atoms with Crippen LogP contribution in [0.5, 0.6) is 0 Å². The lowest BCUT2D eigenvalue weighted by Crippen LogP contribution is -2.33. The Bertz CT molecular complexity index is 633. The number of aliphatic hydroxyl groups excluding tert-OH is 1. The summed E-state index contributed by atoms with van der Waals surface area (Å²) < 4.78 is 5.26. The summed E-state index contributed by atoms with van der Waals surface area (Å²) in [4.78, 5) is 12.1. The van der Waals surface area contributed by atoms with E-state index in [1.54, 1.807) is 30.5 Å². The molecule has 4 heteroatoms. The lowest BCUT2D eigenvalue weighted by atomic mass is 10.1. The molecule has 1 aromatic heterocycles. The average molecular weight is 283 g/mol. The van der Waals surface area contributed by atoms with Crippen LogP contribution >= 0.6 is 0 Å². The third-order valence-corrected chi connectivity index (χ3v) is 2.92. The minimum absolute atomic E-state index is 0.0162. The highest BCUT2D eigenvalue weighted by Crippen LogP contribution is 2.06. The van der Waals surface area contributed by atoms with Crippen LogP contribution in [0.1, 0.15) is 28.6 Å². The van der Waals surface area contributed by atoms with Crippen molar-refractivity contribution >= 4 is 5.91 Å². The maximum absolute atomic E-state index is 12.1. The van der Waals surface area contributed by atoms with Gasteiger partial charge in [-0.05, 0) is 43.3 Å². The number of furan rings is 1. The Morgan fingerprint density at radius 3 is 2.71 bits per heavy atom. The molecule has 1 aromatic carbocycles. The fourth-order valence-electron chi connectivity index (χ4n) is 1.94. The summed E-state index contributed by atoms with van der Waals surface area (Å²) in [7, 11) is 0. The number of hydrogen-bond acceptors (Lipinski definition) is 3. The summed E-state index contributed by atoms with van der Waals surface area (Å²) in [5.74, 6) is 6.07. The number of aliphatic hydroxyl groups is 1. The van der Waals surface area contributed by atoms with Gasteiger partial charge in [-0.1, -0.05) is 11.8 Å². The summed E-state index contributed by atoms with van der Waals surface area (Å²) in [6.45, 7) is 1.76. The first-order chi connectivity index (χ1) is 10.2. The SMILES string of the molecule is CC(Cc1ccco1)NC(=O)c1ccc(C#CCO)cc1. The predicted molar refractivity (Wildman–Crippen MR) is 79.7 cm³/mol. The quantitative estimate of drug-likeness (QED) is 0.843. The molecule has 108 valence electrons. The van der Waals surface area contributed by atoms with Gasteiger partial charge in [0.2, 0.25) is 0 Å². The summed E-state index contributed by atoms with van der Waals surface area (Å²) in [6, 6.07) is 10.7. The van der Waals surface area contributed by atoms with Crippen LogP contribution in [-0.4, -0.2) is 23.7 Å². The van der Waals surface area contributed by atoms with E-state index in [-0.39, 0.29) is 18.6 Å². The molecule has 0 saturated carbocycles. The van der Waals surface area contributed by atoms with Crippen molar-refractivity contribution in [1.82, 2.24) is 5.32 Å². The van der Waals surface area contributed by atoms with Crippen LogP contribution in [0.3, 0.4) is 0 Å². The van der Waals surface area contributed by atoms with E-state index in [1.165, 1.54) is 0 Å². The molecule has 0 spiro atoms. The van der Waals surface area contributed by atoms with Gasteiger partial charge in [-0.15, -0.1) is 0 Å². The molecule has 0 saturated heterocycles. The van der Waals surface area contributed by atoms with Crippen LogP contribution in [-0.2, 0) is 6.42 Å². The maximum Gasteiger partial charge on any atom is 0.251 e. The maximum atomic E-state index is 12.1. The number of hydrogen-bond donors (Lipinski definition) is 2. The largest absolute Gasteiger partial charge is 0.469 e. The zero-order chi connectivity index (χ0) is 15.1. The lowest BCUT2D eigenvalue weighted by molar-refractivity contribution is 0.0939. The van der Waals surface area contributed by atoms with Crippen molar-refractivity contribution in [3.8, 4) is 11.8 Å². The first-order valence-electron chi connectivity index (χ1n) is 6.72. The number of nitrogens with one attached hydrogen (secondary N) is 1. The van der Waals surface area contributed by atoms with Crippen molar-refractivity contribution in [2.24, 2.45) is 0 Å². The molecule has 2 N–H and O–H groups in total. The van der Waals surface area contributed by atoms with Gasteiger partial charge in [0.25, 0.3) is 5.91 Å². The molecule has 0 fully saturated rings. The molecule has 0 bridgehead atoms. The second-order valence-electron chi connectivity index (χ2n) is 4.70. The third kappa shape index (κ3) is 4.51. The van der Waals surface area contributed by atoms with Crippen molar-refractivity contribution in [3.63, 3.8) is 0 Å². The van der Waals surface area contributed by atoms with Crippen molar-refractivity contribution in [3.05, 3.63) is 59.5 Å². The molecule has 0 radical (unpaired) electrons. The Labute approximate surface area is 123 Å². The van der Waals surface area contributed by atoms with E-state index in [2.05, 4.69) is 17.2 Å². The number of amides is 1. The molecule has 2 rings (SSSR count). The van der Waals surface area contributed by atoms with Crippen LogP contribution in [0.25, 0.3) is 0 Å². The standard InChI is InChI=1S/C17H17NO3/c1-13(12-16-5-3-11-21-16)18-17(20)15-8-6-14(7-9-15)4-2-10-19/h3,5-9,11,13,19H,10,12H2,1H3,(H,18,20). The molecule has 1 atom stereocenters. The van der Waals surface area contributed by atoms with E-state index in [9.17, 15) is 4.79 Å². The molecule has 0 aliphatic carbocycles. The molecule has 2 aromatic rings. The molecule has 4 nitrogen and oxygen atoms in total. The highest BCUT2D eigenvalue weighted by atomic mass is 16.3. The molecule has 0 aliphatic rings. The molecular weight excluding hydrogens is 266 g/mol. The van der Waals surface area contributed by atoms with E-state index in [0.717, 1.165) is 11.3 Å². The van der Waals surface area contributed by atoms with Crippen LogP contribution in [0, 0.1) is 11.8 Å². The van der Waals surface area contributed by atoms with Gasteiger partial charge in [0.1, 0.15) is 12.4 Å². The van der Waals surface area contributed by atoms with E-state index in [0.29, 0.717) is 12.0 Å². The molecule has 21 heavy (non-hydrogen) atoms. The molecule has 1 unspecified atom stereocenters. The van der Waals surface area contributed by atoms with Crippen molar-refractivity contribution in [2.45, 2.75) is 19.4 Å². The van der Waals surface area contributed by atoms with Gasteiger partial charge in [0.05, 0.1) is 6.26 Å². The minimum Gasteiger partial charge on any atom is -0.469 e. The number of carbonyl (C=O) groups excluding carboxylic acids is 1. The van der Waals surface area contributed by atoms with Crippen LogP contribution in [0.15, 0.2) is 47.1 Å². The topological polar surface area (TPSA) is 62.5 Å². The van der Waals surface area contributed by atoms with Crippen molar-refractivity contribution in [2.75, 3.05) is 6.61 Å². The fraction of sp³-hybridized carbons (Fsp3) is 0.235. The third-order valence-electron chi connectivity index (χ3n) is 2.92. The van der Waals surface area contributed by atoms with E-state index >= 15 is 0 Å². The zero-order valence-electron chi connectivity index (χ0n) is 11.8. The Morgan fingerprint density at radius 2 is 2.10 bits per heavy atom. The monoisotopic (exact) mass is 283 g/mol. The summed E-state index contributed by atoms with van der Waals surface area (Å²) >= 11 is 0. The Kier molecular flexibility index (Phi) is 5.19. The Morgan fingerprint density at radius 1 is 1.33 bits per heavy atom. The normalized spacial score (nSPS) is 11.3. The first-order valence-corrected chi connectivity index (χ1v) is 6.72. The second kappa shape index (κ2) is 7.32. The summed E-state index contributed by atoms with van der Waals surface area (Å²) in [5, 5.41) is 11.6. The van der Waals surface area contributed by atoms with Crippen molar-refractivity contribution in [1.29, 1.82) is 0 Å². The predicted octanol–water partition coefficient (Wildman–Crippen LogP) is 1.98. The second-order valence-corrected chi connectivity index (χ2v) is 4.70. The first kappa shape index (κ1) is 14.9. The fourth-order valence-corrected chi connectivity index (χ4v) is 1.94. The molecule has 1 amide bonds. The van der Waals surface area contributed by atoms with Gasteiger partial charge in [0.15, 0.2) is 0 Å². The van der Waals surface area contributed by atoms with E-state index in [1.807, 2.05) is 19.1 Å². The Balaban J connectivity index is 1.93. The Hall–Kier alpha value is -2.51. The van der Waals surface area contributed by atoms with E-state index in [4.69, 9.17) is 9.52 Å². The summed E-state index contributed by atoms with van der Waals surface area (Å²) in [6.07, 6.45) is 2.27. The van der Waals surface area contributed by atoms with E-state index < -0.39 is 0 Å². The molecule has 0 aliphatic heterocycles. The van der Waals surface area contributed by atoms with Gasteiger partial charge in [0, 0.05) is 23.6 Å². The summed E-state index contributed by atoms with van der Waals surface area (Å²) in [5.41, 5.74) is 1.35. The van der Waals surface area contributed by atoms with Crippen LogP contribution in [0.4, 0.5) is 0 Å². The van der Waals surface area contributed by atoms with Gasteiger partial charge >= 0.3 is 0 Å². The minimum atomic E-state index is -0.174. The van der Waals surface area contributed by atoms with Gasteiger partial charge in [-0.2, -0.15) is 0 Å². The highest BCUT2D eigenvalue weighted by molar-refractivity contribution is 5.94. The van der Waals surface area contributed by atoms with Gasteiger partial charge in [-0.25, -0.2) is 0 Å². The molecule has 1 heterocycles.